The third-order valence-corrected chi connectivity index (χ3v) is 4.49. The van der Waals surface area contributed by atoms with Gasteiger partial charge in [0.2, 0.25) is 0 Å². The van der Waals surface area contributed by atoms with Gasteiger partial charge in [0.15, 0.2) is 11.5 Å². The van der Waals surface area contributed by atoms with Crippen molar-refractivity contribution in [3.8, 4) is 17.2 Å². The van der Waals surface area contributed by atoms with Crippen molar-refractivity contribution in [2.45, 2.75) is 13.8 Å². The molecule has 25 heavy (non-hydrogen) atoms. The zero-order valence-corrected chi connectivity index (χ0v) is 14.6. The van der Waals surface area contributed by atoms with Crippen LogP contribution in [-0.2, 0) is 0 Å². The summed E-state index contributed by atoms with van der Waals surface area (Å²) in [4.78, 5) is 4.88. The molecular formula is C21H20N2O2. The fraction of sp³-hybridized carbons (Fsp3) is 0.190. The summed E-state index contributed by atoms with van der Waals surface area (Å²) in [5, 5.41) is 7.13. The first-order chi connectivity index (χ1) is 12.1. The molecule has 4 heteroatoms. The van der Waals surface area contributed by atoms with Crippen LogP contribution in [0.1, 0.15) is 12.5 Å². The fourth-order valence-corrected chi connectivity index (χ4v) is 3.22. The molecule has 0 spiro atoms. The molecule has 0 unspecified atom stereocenters. The second kappa shape index (κ2) is 5.81. The van der Waals surface area contributed by atoms with Gasteiger partial charge in [-0.1, -0.05) is 12.6 Å². The van der Waals surface area contributed by atoms with Crippen LogP contribution in [0, 0.1) is 6.92 Å². The number of aryl methyl sites for hydroxylation is 1. The number of ether oxygens (including phenoxy) is 2. The smallest absolute Gasteiger partial charge is 0.155 e. The highest BCUT2D eigenvalue weighted by Gasteiger charge is 2.17. The Hall–Kier alpha value is -3.01. The van der Waals surface area contributed by atoms with E-state index in [4.69, 9.17) is 14.5 Å². The van der Waals surface area contributed by atoms with Gasteiger partial charge < -0.3 is 14.8 Å². The highest BCUT2D eigenvalue weighted by Crippen LogP contribution is 2.38. The number of methoxy groups -OCH3 is 1. The Morgan fingerprint density at radius 3 is 2.72 bits per heavy atom. The Morgan fingerprint density at radius 2 is 1.96 bits per heavy atom. The van der Waals surface area contributed by atoms with Crippen LogP contribution in [0.2, 0.25) is 0 Å². The topological polar surface area (TPSA) is 42.8 Å². The minimum Gasteiger partial charge on any atom is -0.497 e. The van der Waals surface area contributed by atoms with Gasteiger partial charge in [-0.25, -0.2) is 4.99 Å². The van der Waals surface area contributed by atoms with Gasteiger partial charge in [-0.05, 0) is 54.3 Å². The van der Waals surface area contributed by atoms with E-state index in [1.807, 2.05) is 30.3 Å². The molecule has 1 heterocycles. The normalized spacial score (nSPS) is 12.0. The lowest BCUT2D eigenvalue weighted by atomic mass is 10.1. The maximum absolute atomic E-state index is 6.17. The molecule has 0 saturated carbocycles. The molecule has 126 valence electrons. The standard InChI is InChI=1S/C21H20N2O2/c1-5-22-17-11-19-18(8-13(17)3)23-21-16-10-14(24-4)6-7-15(16)12(2)9-20(21)25-19/h6-11,22H,2,5H2,1,3-4H3. The summed E-state index contributed by atoms with van der Waals surface area (Å²) in [6, 6.07) is 12.0. The van der Waals surface area contributed by atoms with Crippen molar-refractivity contribution in [2.75, 3.05) is 19.0 Å². The molecule has 3 aromatic carbocycles. The quantitative estimate of drug-likeness (QED) is 0.615. The lowest BCUT2D eigenvalue weighted by Crippen LogP contribution is -2.16. The van der Waals surface area contributed by atoms with Gasteiger partial charge in [0, 0.05) is 23.7 Å². The maximum atomic E-state index is 6.17. The second-order valence-electron chi connectivity index (χ2n) is 6.17. The molecule has 4 nitrogen and oxygen atoms in total. The number of hydrogen-bond acceptors (Lipinski definition) is 4. The van der Waals surface area contributed by atoms with Crippen LogP contribution < -0.4 is 25.4 Å². The molecule has 0 amide bonds. The summed E-state index contributed by atoms with van der Waals surface area (Å²) in [6.07, 6.45) is 0. The zero-order chi connectivity index (χ0) is 17.6. The van der Waals surface area contributed by atoms with E-state index < -0.39 is 0 Å². The van der Waals surface area contributed by atoms with Crippen LogP contribution in [0.3, 0.4) is 0 Å². The summed E-state index contributed by atoms with van der Waals surface area (Å²) >= 11 is 0. The maximum Gasteiger partial charge on any atom is 0.155 e. The van der Waals surface area contributed by atoms with Crippen molar-refractivity contribution in [1.82, 2.24) is 0 Å². The molecule has 1 aliphatic rings. The number of rotatable bonds is 3. The first-order valence-corrected chi connectivity index (χ1v) is 8.35. The fourth-order valence-electron chi connectivity index (χ4n) is 3.22. The van der Waals surface area contributed by atoms with E-state index in [0.717, 1.165) is 62.1 Å². The van der Waals surface area contributed by atoms with E-state index in [1.165, 1.54) is 0 Å². The minimum absolute atomic E-state index is 0.726. The third kappa shape index (κ3) is 2.50. The molecule has 0 aliphatic carbocycles. The summed E-state index contributed by atoms with van der Waals surface area (Å²) in [5.74, 6) is 2.28. The third-order valence-electron chi connectivity index (χ3n) is 4.49. The Kier molecular flexibility index (Phi) is 3.61. The Bertz CT molecular complexity index is 1100. The Labute approximate surface area is 146 Å². The zero-order valence-electron chi connectivity index (χ0n) is 14.6. The van der Waals surface area contributed by atoms with Crippen molar-refractivity contribution >= 4 is 28.7 Å². The van der Waals surface area contributed by atoms with E-state index in [0.29, 0.717) is 0 Å². The van der Waals surface area contributed by atoms with Crippen molar-refractivity contribution < 1.29 is 9.47 Å². The molecule has 0 bridgehead atoms. The van der Waals surface area contributed by atoms with Crippen LogP contribution in [-0.4, -0.2) is 13.7 Å². The van der Waals surface area contributed by atoms with Crippen molar-refractivity contribution in [3.05, 3.63) is 52.5 Å². The van der Waals surface area contributed by atoms with Crippen LogP contribution in [0.5, 0.6) is 17.2 Å². The Morgan fingerprint density at radius 1 is 1.12 bits per heavy atom. The van der Waals surface area contributed by atoms with E-state index in [9.17, 15) is 0 Å². The number of nitrogens with zero attached hydrogens (tertiary/aromatic N) is 1. The highest BCUT2D eigenvalue weighted by atomic mass is 16.5. The van der Waals surface area contributed by atoms with E-state index in [2.05, 4.69) is 31.8 Å². The predicted octanol–water partition coefficient (Wildman–Crippen LogP) is 4.06. The van der Waals surface area contributed by atoms with E-state index >= 15 is 0 Å². The second-order valence-corrected chi connectivity index (χ2v) is 6.17. The summed E-state index contributed by atoms with van der Waals surface area (Å²) < 4.78 is 11.5. The number of anilines is 1. The van der Waals surface area contributed by atoms with Crippen molar-refractivity contribution in [1.29, 1.82) is 0 Å². The molecule has 4 rings (SSSR count). The summed E-state index contributed by atoms with van der Waals surface area (Å²) in [5.41, 5.74) is 3.05. The van der Waals surface area contributed by atoms with Gasteiger partial charge in [-0.2, -0.15) is 0 Å². The monoisotopic (exact) mass is 332 g/mol. The average molecular weight is 332 g/mol. The number of fused-ring (bicyclic) bond motifs is 4. The molecule has 1 N–H and O–H groups in total. The number of benzene rings is 3. The molecule has 0 atom stereocenters. The van der Waals surface area contributed by atoms with Gasteiger partial charge in [-0.3, -0.25) is 0 Å². The van der Waals surface area contributed by atoms with Gasteiger partial charge >= 0.3 is 0 Å². The SMILES string of the molecule is C=c1cc2c(c3cc(OC)ccc13)=Nc1cc(C)c(NCC)cc1O2. The van der Waals surface area contributed by atoms with Crippen LogP contribution in [0.15, 0.2) is 41.4 Å². The number of nitrogens with one attached hydrogen (secondary N) is 1. The molecule has 0 saturated heterocycles. The summed E-state index contributed by atoms with van der Waals surface area (Å²) in [7, 11) is 1.66. The molecule has 3 aromatic rings. The van der Waals surface area contributed by atoms with Gasteiger partial charge in [0.25, 0.3) is 0 Å². The van der Waals surface area contributed by atoms with Crippen molar-refractivity contribution in [2.24, 2.45) is 4.99 Å². The van der Waals surface area contributed by atoms with Crippen LogP contribution >= 0.6 is 0 Å². The van der Waals surface area contributed by atoms with Crippen LogP contribution in [0.25, 0.3) is 17.4 Å². The summed E-state index contributed by atoms with van der Waals surface area (Å²) in [6.45, 7) is 9.17. The van der Waals surface area contributed by atoms with E-state index in [-0.39, 0.29) is 0 Å². The minimum atomic E-state index is 0.726. The van der Waals surface area contributed by atoms with Gasteiger partial charge in [0.1, 0.15) is 16.8 Å². The van der Waals surface area contributed by atoms with E-state index in [1.54, 1.807) is 7.11 Å². The molecule has 0 aromatic heterocycles. The van der Waals surface area contributed by atoms with Gasteiger partial charge in [-0.15, -0.1) is 0 Å². The largest absolute Gasteiger partial charge is 0.497 e. The Balaban J connectivity index is 2.01. The first-order valence-electron chi connectivity index (χ1n) is 8.35. The molecular weight excluding hydrogens is 312 g/mol. The highest BCUT2D eigenvalue weighted by molar-refractivity contribution is 5.86. The predicted molar refractivity (Wildman–Crippen MR) is 102 cm³/mol. The molecule has 0 fully saturated rings. The molecule has 0 radical (unpaired) electrons. The lowest BCUT2D eigenvalue weighted by molar-refractivity contribution is 0.415. The average Bonchev–Trinajstić information content (AvgIpc) is 2.61. The van der Waals surface area contributed by atoms with Crippen LogP contribution in [0.4, 0.5) is 11.4 Å². The number of hydrogen-bond donors (Lipinski definition) is 1. The van der Waals surface area contributed by atoms with Crippen molar-refractivity contribution in [3.63, 3.8) is 0 Å². The lowest BCUT2D eigenvalue weighted by Gasteiger charge is -2.18. The molecule has 1 aliphatic heterocycles. The van der Waals surface area contributed by atoms with Gasteiger partial charge in [0.05, 0.1) is 7.11 Å². The first kappa shape index (κ1) is 15.5.